The van der Waals surface area contributed by atoms with Crippen molar-refractivity contribution in [3.63, 3.8) is 0 Å². The van der Waals surface area contributed by atoms with Crippen LogP contribution in [-0.2, 0) is 19.1 Å². The molecular weight excluding hydrogens is 598 g/mol. The number of nitrogens with one attached hydrogen (secondary N) is 2. The van der Waals surface area contributed by atoms with E-state index in [0.717, 1.165) is 24.6 Å². The average Bonchev–Trinajstić information content (AvgIpc) is 3.35. The van der Waals surface area contributed by atoms with Crippen LogP contribution in [0.25, 0.3) is 0 Å². The predicted molar refractivity (Wildman–Crippen MR) is 175 cm³/mol. The highest BCUT2D eigenvalue weighted by Gasteiger charge is 2.68. The van der Waals surface area contributed by atoms with Crippen molar-refractivity contribution in [3.8, 4) is 0 Å². The van der Waals surface area contributed by atoms with Crippen molar-refractivity contribution in [2.45, 2.75) is 78.0 Å². The third kappa shape index (κ3) is 6.22. The third-order valence-electron chi connectivity index (χ3n) is 11.5. The number of esters is 1. The minimum Gasteiger partial charge on any atom is -0.480 e. The molecule has 1 aromatic carbocycles. The maximum Gasteiger partial charge on any atom is 0.326 e. The highest BCUT2D eigenvalue weighted by atomic mass is 32.2. The first kappa shape index (κ1) is 35.2. The Morgan fingerprint density at radius 1 is 1.16 bits per heavy atom. The van der Waals surface area contributed by atoms with Crippen molar-refractivity contribution in [1.82, 2.24) is 4.90 Å². The van der Waals surface area contributed by atoms with Gasteiger partial charge in [0.05, 0.1) is 11.9 Å². The summed E-state index contributed by atoms with van der Waals surface area (Å²) in [6.45, 7) is 13.2. The summed E-state index contributed by atoms with van der Waals surface area (Å²) in [6, 6.07) is -1.23. The Balaban J connectivity index is 1.48. The molecule has 0 spiro atoms. The van der Waals surface area contributed by atoms with Crippen molar-refractivity contribution in [3.05, 3.63) is 33.1 Å². The SMILES string of the molecule is C=C[C@]1(C)C[C@@H](OC(=O)CSCC(Nc2c(NCCN(C)C)c(=O)c2=O)C(=O)O)[C@]2(C)[C@H](C)CC[C@]3(CCC(=O)[C@H]32)[C@@H](C)[C@@H]1O. The number of hydrogen-bond acceptors (Lipinski definition) is 11. The van der Waals surface area contributed by atoms with Crippen molar-refractivity contribution in [1.29, 1.82) is 0 Å². The van der Waals surface area contributed by atoms with Crippen LogP contribution in [0.3, 0.4) is 0 Å². The summed E-state index contributed by atoms with van der Waals surface area (Å²) in [6.07, 6.45) is 3.49. The normalized spacial score (nSPS) is 35.3. The van der Waals surface area contributed by atoms with Gasteiger partial charge < -0.3 is 30.5 Å². The second kappa shape index (κ2) is 13.2. The van der Waals surface area contributed by atoms with E-state index in [0.29, 0.717) is 32.4 Å². The van der Waals surface area contributed by atoms with Crippen LogP contribution in [0.4, 0.5) is 11.4 Å². The Morgan fingerprint density at radius 2 is 1.82 bits per heavy atom. The van der Waals surface area contributed by atoms with Gasteiger partial charge in [0.2, 0.25) is 0 Å². The minimum atomic E-state index is -1.23. The first-order valence-electron chi connectivity index (χ1n) is 15.9. The number of aliphatic hydroxyl groups is 1. The van der Waals surface area contributed by atoms with Crippen LogP contribution in [0.2, 0.25) is 0 Å². The van der Waals surface area contributed by atoms with Crippen LogP contribution in [0.1, 0.15) is 59.8 Å². The van der Waals surface area contributed by atoms with E-state index in [2.05, 4.69) is 38.0 Å². The molecule has 0 aromatic heterocycles. The van der Waals surface area contributed by atoms with E-state index in [1.54, 1.807) is 6.08 Å². The number of anilines is 2. The van der Waals surface area contributed by atoms with Crippen LogP contribution in [0.5, 0.6) is 0 Å². The van der Waals surface area contributed by atoms with Crippen molar-refractivity contribution < 1.29 is 29.3 Å². The van der Waals surface area contributed by atoms with Gasteiger partial charge in [-0.05, 0) is 57.0 Å². The molecule has 0 amide bonds. The number of Topliss-reactive ketones (excluding diaryl/α,β-unsaturated/α-hetero) is 1. The van der Waals surface area contributed by atoms with Crippen molar-refractivity contribution >= 4 is 40.9 Å². The van der Waals surface area contributed by atoms with E-state index in [4.69, 9.17) is 4.74 Å². The van der Waals surface area contributed by atoms with E-state index in [9.17, 15) is 34.2 Å². The molecule has 2 bridgehead atoms. The number of carboxylic acids is 1. The molecule has 1 unspecified atom stereocenters. The molecule has 3 fully saturated rings. The fourth-order valence-corrected chi connectivity index (χ4v) is 9.22. The third-order valence-corrected chi connectivity index (χ3v) is 12.5. The quantitative estimate of drug-likeness (QED) is 0.141. The number of nitrogens with zero attached hydrogens (tertiary/aromatic N) is 1. The Kier molecular flexibility index (Phi) is 10.3. The van der Waals surface area contributed by atoms with Crippen LogP contribution >= 0.6 is 11.8 Å². The minimum absolute atomic E-state index is 0.0655. The van der Waals surface area contributed by atoms with E-state index >= 15 is 0 Å². The number of carboxylic acid groups (broad SMARTS) is 1. The molecule has 4 N–H and O–H groups in total. The van der Waals surface area contributed by atoms with E-state index in [-0.39, 0.29) is 51.8 Å². The lowest BCUT2D eigenvalue weighted by molar-refractivity contribution is -0.205. The number of carbonyl (C=O) groups is 3. The van der Waals surface area contributed by atoms with Crippen molar-refractivity contribution in [2.75, 3.05) is 49.3 Å². The number of carbonyl (C=O) groups excluding carboxylic acids is 2. The molecule has 250 valence electrons. The standard InChI is InChI=1S/C33H49N3O8S/c1-8-31(4)15-22(32(5)18(2)9-11-33(19(3)29(31)41)12-10-21(37)28(32)33)44-23(38)17-45-16-20(30(42)43)35-25-24(26(39)27(25)40)34-13-14-36(6)7/h8,18-20,22,28-29,34-35,41H,1,9-17H2,2-7H3,(H,42,43)/t18-,19+,20?,22-,28+,29+,31-,32+,33+/m1/s1. The zero-order valence-corrected chi connectivity index (χ0v) is 28.1. The summed E-state index contributed by atoms with van der Waals surface area (Å²) in [5, 5.41) is 27.1. The summed E-state index contributed by atoms with van der Waals surface area (Å²) in [7, 11) is 3.73. The topological polar surface area (TPSA) is 162 Å². The van der Waals surface area contributed by atoms with Gasteiger partial charge in [0.25, 0.3) is 10.9 Å². The lowest BCUT2D eigenvalue weighted by atomic mass is 9.44. The van der Waals surface area contributed by atoms with Crippen LogP contribution < -0.4 is 21.5 Å². The molecular formula is C33H49N3O8S. The number of aliphatic carboxylic acids is 1. The molecule has 11 nitrogen and oxygen atoms in total. The number of ether oxygens (including phenoxy) is 1. The molecule has 0 radical (unpaired) electrons. The second-order valence-corrected chi connectivity index (χ2v) is 15.3. The lowest BCUT2D eigenvalue weighted by Gasteiger charge is -2.61. The average molecular weight is 648 g/mol. The number of thioether (sulfide) groups is 1. The zero-order valence-electron chi connectivity index (χ0n) is 27.3. The van der Waals surface area contributed by atoms with E-state index in [1.165, 1.54) is 0 Å². The number of ketones is 1. The van der Waals surface area contributed by atoms with Crippen LogP contribution in [0.15, 0.2) is 22.2 Å². The molecule has 0 heterocycles. The molecule has 9 atom stereocenters. The smallest absolute Gasteiger partial charge is 0.326 e. The van der Waals surface area contributed by atoms with Gasteiger partial charge in [-0.2, -0.15) is 0 Å². The molecule has 3 aliphatic carbocycles. The first-order valence-corrected chi connectivity index (χ1v) is 17.0. The van der Waals surface area contributed by atoms with Gasteiger partial charge in [-0.15, -0.1) is 18.3 Å². The summed E-state index contributed by atoms with van der Waals surface area (Å²) in [5.41, 5.74) is -3.25. The van der Waals surface area contributed by atoms with Gasteiger partial charge >= 0.3 is 11.9 Å². The number of rotatable bonds is 13. The maximum atomic E-state index is 13.6. The van der Waals surface area contributed by atoms with Crippen LogP contribution in [-0.4, -0.2) is 89.8 Å². The number of likely N-dealkylation sites (N-methyl/N-ethyl adjacent to an activating group) is 1. The summed E-state index contributed by atoms with van der Waals surface area (Å²) < 4.78 is 6.23. The van der Waals surface area contributed by atoms with Gasteiger partial charge in [-0.3, -0.25) is 19.2 Å². The molecule has 3 aliphatic rings. The molecule has 4 rings (SSSR count). The molecule has 45 heavy (non-hydrogen) atoms. The highest BCUT2D eigenvalue weighted by Crippen LogP contribution is 2.68. The largest absolute Gasteiger partial charge is 0.480 e. The Bertz CT molecular complexity index is 1390. The summed E-state index contributed by atoms with van der Waals surface area (Å²) in [4.78, 5) is 65.2. The molecule has 0 aliphatic heterocycles. The molecule has 0 saturated heterocycles. The first-order chi connectivity index (χ1) is 21.0. The van der Waals surface area contributed by atoms with Crippen molar-refractivity contribution in [2.24, 2.45) is 34.0 Å². The van der Waals surface area contributed by atoms with Gasteiger partial charge in [0.15, 0.2) is 0 Å². The fourth-order valence-electron chi connectivity index (χ4n) is 8.41. The lowest BCUT2D eigenvalue weighted by Crippen LogP contribution is -2.63. The number of aliphatic hydroxyl groups excluding tert-OH is 1. The van der Waals surface area contributed by atoms with Crippen LogP contribution in [0, 0.1) is 34.0 Å². The van der Waals surface area contributed by atoms with Gasteiger partial charge in [0.1, 0.15) is 29.3 Å². The summed E-state index contributed by atoms with van der Waals surface area (Å²) in [5.74, 6) is -2.19. The second-order valence-electron chi connectivity index (χ2n) is 14.3. The molecule has 12 heteroatoms. The maximum absolute atomic E-state index is 13.6. The Morgan fingerprint density at radius 3 is 2.44 bits per heavy atom. The number of hydrogen-bond donors (Lipinski definition) is 4. The predicted octanol–water partition coefficient (Wildman–Crippen LogP) is 2.76. The fraction of sp³-hybridized carbons (Fsp3) is 0.727. The van der Waals surface area contributed by atoms with Gasteiger partial charge in [0, 0.05) is 42.0 Å². The van der Waals surface area contributed by atoms with E-state index < -0.39 is 51.9 Å². The monoisotopic (exact) mass is 647 g/mol. The molecule has 3 saturated carbocycles. The van der Waals surface area contributed by atoms with Gasteiger partial charge in [-0.25, -0.2) is 4.79 Å². The van der Waals surface area contributed by atoms with E-state index in [1.807, 2.05) is 25.9 Å². The zero-order chi connectivity index (χ0) is 33.5. The highest BCUT2D eigenvalue weighted by molar-refractivity contribution is 8.00. The summed E-state index contributed by atoms with van der Waals surface area (Å²) >= 11 is 1.05. The Hall–Kier alpha value is -2.70. The Labute approximate surface area is 269 Å². The van der Waals surface area contributed by atoms with Gasteiger partial charge in [-0.1, -0.05) is 33.8 Å². The molecule has 1 aromatic rings.